The highest BCUT2D eigenvalue weighted by Gasteiger charge is 2.18. The largest absolute Gasteiger partial charge is 0.493 e. The van der Waals surface area contributed by atoms with Crippen molar-refractivity contribution in [3.05, 3.63) is 42.0 Å². The summed E-state index contributed by atoms with van der Waals surface area (Å²) in [6.07, 6.45) is 0.954. The Balaban J connectivity index is 1.65. The van der Waals surface area contributed by atoms with Crippen molar-refractivity contribution in [3.63, 3.8) is 0 Å². The molecular formula is C21H23N3O5S. The molecule has 1 heterocycles. The molecule has 0 aliphatic heterocycles. The number of nitrogens with one attached hydrogen (secondary N) is 1. The number of ether oxygens (including phenoxy) is 3. The summed E-state index contributed by atoms with van der Waals surface area (Å²) in [5.74, 6) is 1.71. The third kappa shape index (κ3) is 5.04. The van der Waals surface area contributed by atoms with E-state index in [1.807, 2.05) is 24.3 Å². The van der Waals surface area contributed by atoms with Crippen LogP contribution in [0.3, 0.4) is 0 Å². The quantitative estimate of drug-likeness (QED) is 0.509. The van der Waals surface area contributed by atoms with Gasteiger partial charge in [-0.25, -0.2) is 0 Å². The molecule has 0 bridgehead atoms. The Kier molecular flexibility index (Phi) is 7.18. The van der Waals surface area contributed by atoms with Gasteiger partial charge in [-0.3, -0.25) is 4.79 Å². The Morgan fingerprint density at radius 3 is 2.27 bits per heavy atom. The number of methoxy groups -OCH3 is 3. The van der Waals surface area contributed by atoms with E-state index < -0.39 is 0 Å². The van der Waals surface area contributed by atoms with Gasteiger partial charge in [0.1, 0.15) is 0 Å². The molecule has 0 spiro atoms. The van der Waals surface area contributed by atoms with Gasteiger partial charge in [0.2, 0.25) is 17.5 Å². The van der Waals surface area contributed by atoms with Crippen LogP contribution in [0.4, 0.5) is 5.69 Å². The molecule has 0 aliphatic carbocycles. The van der Waals surface area contributed by atoms with Crippen LogP contribution in [-0.4, -0.2) is 43.2 Å². The van der Waals surface area contributed by atoms with E-state index in [1.165, 1.54) is 26.9 Å². The molecule has 0 unspecified atom stereocenters. The number of amides is 1. The molecule has 3 aromatic rings. The van der Waals surface area contributed by atoms with Crippen molar-refractivity contribution in [2.45, 2.75) is 18.6 Å². The highest BCUT2D eigenvalue weighted by Crippen LogP contribution is 2.41. The summed E-state index contributed by atoms with van der Waals surface area (Å²) in [4.78, 5) is 12.2. The molecule has 1 aromatic heterocycles. The van der Waals surface area contributed by atoms with Crippen LogP contribution in [0.5, 0.6) is 17.2 Å². The number of aryl methyl sites for hydroxylation is 1. The molecule has 9 heteroatoms. The van der Waals surface area contributed by atoms with Crippen molar-refractivity contribution in [1.82, 2.24) is 10.2 Å². The SMILES string of the molecule is CCc1ccc(NC(=O)CSc2nnc(-c3cc(OC)c(OC)c(OC)c3)o2)cc1. The number of anilines is 1. The zero-order valence-electron chi connectivity index (χ0n) is 17.2. The lowest BCUT2D eigenvalue weighted by molar-refractivity contribution is -0.113. The molecule has 3 rings (SSSR count). The van der Waals surface area contributed by atoms with Crippen LogP contribution in [0.2, 0.25) is 0 Å². The van der Waals surface area contributed by atoms with Crippen molar-refractivity contribution < 1.29 is 23.4 Å². The van der Waals surface area contributed by atoms with Crippen LogP contribution in [0.25, 0.3) is 11.5 Å². The fraction of sp³-hybridized carbons (Fsp3) is 0.286. The summed E-state index contributed by atoms with van der Waals surface area (Å²) < 4.78 is 21.7. The number of carbonyl (C=O) groups excluding carboxylic acids is 1. The fourth-order valence-corrected chi connectivity index (χ4v) is 3.30. The van der Waals surface area contributed by atoms with Crippen LogP contribution in [0.15, 0.2) is 46.0 Å². The van der Waals surface area contributed by atoms with Crippen molar-refractivity contribution in [2.24, 2.45) is 0 Å². The molecule has 0 radical (unpaired) electrons. The average Bonchev–Trinajstić information content (AvgIpc) is 3.26. The Morgan fingerprint density at radius 2 is 1.70 bits per heavy atom. The number of carbonyl (C=O) groups is 1. The summed E-state index contributed by atoms with van der Waals surface area (Å²) in [7, 11) is 4.60. The fourth-order valence-electron chi connectivity index (χ4n) is 2.74. The summed E-state index contributed by atoms with van der Waals surface area (Å²) >= 11 is 1.16. The standard InChI is InChI=1S/C21H23N3O5S/c1-5-13-6-8-15(9-7-13)22-18(25)12-30-21-24-23-20(29-21)14-10-16(26-2)19(28-4)17(11-14)27-3/h6-11H,5,12H2,1-4H3,(H,22,25). The molecule has 1 amide bonds. The lowest BCUT2D eigenvalue weighted by atomic mass is 10.1. The molecule has 0 saturated heterocycles. The second kappa shape index (κ2) is 10.0. The average molecular weight is 429 g/mol. The zero-order chi connectivity index (χ0) is 21.5. The number of thioether (sulfide) groups is 1. The minimum Gasteiger partial charge on any atom is -0.493 e. The number of benzene rings is 2. The lowest BCUT2D eigenvalue weighted by Crippen LogP contribution is -2.13. The van der Waals surface area contributed by atoms with E-state index in [2.05, 4.69) is 22.4 Å². The van der Waals surface area contributed by atoms with Gasteiger partial charge in [-0.05, 0) is 36.2 Å². The van der Waals surface area contributed by atoms with Crippen molar-refractivity contribution in [2.75, 3.05) is 32.4 Å². The molecule has 30 heavy (non-hydrogen) atoms. The van der Waals surface area contributed by atoms with E-state index in [0.29, 0.717) is 22.8 Å². The number of nitrogens with zero attached hydrogens (tertiary/aromatic N) is 2. The molecule has 0 aliphatic rings. The van der Waals surface area contributed by atoms with Gasteiger partial charge in [-0.15, -0.1) is 10.2 Å². The van der Waals surface area contributed by atoms with Gasteiger partial charge in [-0.1, -0.05) is 30.8 Å². The van der Waals surface area contributed by atoms with Crippen molar-refractivity contribution >= 4 is 23.4 Å². The molecule has 0 atom stereocenters. The van der Waals surface area contributed by atoms with Gasteiger partial charge in [0.25, 0.3) is 5.22 Å². The first-order valence-electron chi connectivity index (χ1n) is 9.23. The van der Waals surface area contributed by atoms with Crippen LogP contribution in [0, 0.1) is 0 Å². The zero-order valence-corrected chi connectivity index (χ0v) is 18.0. The second-order valence-electron chi connectivity index (χ2n) is 6.17. The Labute approximate surface area is 178 Å². The van der Waals surface area contributed by atoms with Gasteiger partial charge in [-0.2, -0.15) is 0 Å². The summed E-state index contributed by atoms with van der Waals surface area (Å²) in [6, 6.07) is 11.2. The van der Waals surface area contributed by atoms with Crippen LogP contribution < -0.4 is 19.5 Å². The first kappa shape index (κ1) is 21.5. The monoisotopic (exact) mass is 429 g/mol. The van der Waals surface area contributed by atoms with Gasteiger partial charge in [0.15, 0.2) is 11.5 Å². The minimum absolute atomic E-state index is 0.145. The van der Waals surface area contributed by atoms with E-state index in [1.54, 1.807) is 12.1 Å². The van der Waals surface area contributed by atoms with Gasteiger partial charge in [0.05, 0.1) is 27.1 Å². The van der Waals surface area contributed by atoms with E-state index in [4.69, 9.17) is 18.6 Å². The molecule has 158 valence electrons. The molecule has 8 nitrogen and oxygen atoms in total. The highest BCUT2D eigenvalue weighted by atomic mass is 32.2. The summed E-state index contributed by atoms with van der Waals surface area (Å²) in [6.45, 7) is 2.08. The Morgan fingerprint density at radius 1 is 1.03 bits per heavy atom. The highest BCUT2D eigenvalue weighted by molar-refractivity contribution is 7.99. The normalized spacial score (nSPS) is 10.5. The number of hydrogen-bond acceptors (Lipinski definition) is 8. The maximum absolute atomic E-state index is 12.2. The maximum atomic E-state index is 12.2. The van der Waals surface area contributed by atoms with Crippen LogP contribution >= 0.6 is 11.8 Å². The Hall–Kier alpha value is -3.20. The van der Waals surface area contributed by atoms with E-state index in [0.717, 1.165) is 23.9 Å². The molecule has 0 fully saturated rings. The molecule has 2 aromatic carbocycles. The predicted molar refractivity (Wildman–Crippen MR) is 115 cm³/mol. The van der Waals surface area contributed by atoms with E-state index in [-0.39, 0.29) is 22.8 Å². The molecule has 0 saturated carbocycles. The minimum atomic E-state index is -0.156. The van der Waals surface area contributed by atoms with Crippen LogP contribution in [0.1, 0.15) is 12.5 Å². The third-order valence-electron chi connectivity index (χ3n) is 4.29. The van der Waals surface area contributed by atoms with Gasteiger partial charge < -0.3 is 23.9 Å². The Bertz CT molecular complexity index is 979. The predicted octanol–water partition coefficient (Wildman–Crippen LogP) is 4.06. The first-order valence-corrected chi connectivity index (χ1v) is 10.2. The smallest absolute Gasteiger partial charge is 0.277 e. The van der Waals surface area contributed by atoms with Gasteiger partial charge in [0, 0.05) is 11.3 Å². The van der Waals surface area contributed by atoms with Gasteiger partial charge >= 0.3 is 0 Å². The maximum Gasteiger partial charge on any atom is 0.277 e. The second-order valence-corrected chi connectivity index (χ2v) is 7.10. The lowest BCUT2D eigenvalue weighted by Gasteiger charge is -2.12. The van der Waals surface area contributed by atoms with E-state index in [9.17, 15) is 4.79 Å². The first-order chi connectivity index (χ1) is 14.6. The topological polar surface area (TPSA) is 95.7 Å². The van der Waals surface area contributed by atoms with Crippen molar-refractivity contribution in [3.8, 4) is 28.7 Å². The van der Waals surface area contributed by atoms with Crippen LogP contribution in [-0.2, 0) is 11.2 Å². The summed E-state index contributed by atoms with van der Waals surface area (Å²) in [5.41, 5.74) is 2.58. The van der Waals surface area contributed by atoms with Crippen molar-refractivity contribution in [1.29, 1.82) is 0 Å². The number of hydrogen-bond donors (Lipinski definition) is 1. The molecular weight excluding hydrogens is 406 g/mol. The number of rotatable bonds is 9. The summed E-state index contributed by atoms with van der Waals surface area (Å²) in [5, 5.41) is 11.2. The molecule has 1 N–H and O–H groups in total. The third-order valence-corrected chi connectivity index (χ3v) is 5.11. The number of aromatic nitrogens is 2. The van der Waals surface area contributed by atoms with E-state index >= 15 is 0 Å².